The molecule has 1 aromatic heterocycles. The minimum Gasteiger partial charge on any atom is -0.334 e. The number of aryl methyl sites for hydroxylation is 1. The van der Waals surface area contributed by atoms with Crippen molar-refractivity contribution in [1.82, 2.24) is 9.55 Å². The van der Waals surface area contributed by atoms with E-state index in [1.807, 2.05) is 49.0 Å². The Morgan fingerprint density at radius 1 is 1.44 bits per heavy atom. The minimum absolute atomic E-state index is 0.163. The number of rotatable bonds is 3. The van der Waals surface area contributed by atoms with Crippen molar-refractivity contribution in [3.8, 4) is 11.4 Å². The van der Waals surface area contributed by atoms with Gasteiger partial charge in [0.05, 0.1) is 0 Å². The molecule has 0 atom stereocenters. The first-order valence-corrected chi connectivity index (χ1v) is 5.33. The molecule has 0 saturated heterocycles. The third-order valence-electron chi connectivity index (χ3n) is 2.59. The molecule has 2 aromatic rings. The Bertz CT molecular complexity index is 514. The minimum atomic E-state index is 0.163. The zero-order chi connectivity index (χ0) is 11.5. The summed E-state index contributed by atoms with van der Waals surface area (Å²) in [5.74, 6) is 1.04. The van der Waals surface area contributed by atoms with Crippen molar-refractivity contribution in [3.63, 3.8) is 0 Å². The number of imidazole rings is 1. The van der Waals surface area contributed by atoms with Crippen LogP contribution in [0.2, 0.25) is 0 Å². The van der Waals surface area contributed by atoms with Gasteiger partial charge in [-0.1, -0.05) is 25.1 Å². The molecule has 1 heterocycles. The lowest BCUT2D eigenvalue weighted by molar-refractivity contribution is 0.0988. The Kier molecular flexibility index (Phi) is 2.86. The third-order valence-corrected chi connectivity index (χ3v) is 2.59. The van der Waals surface area contributed by atoms with Crippen LogP contribution < -0.4 is 0 Å². The van der Waals surface area contributed by atoms with E-state index in [1.54, 1.807) is 6.20 Å². The maximum atomic E-state index is 11.6. The fourth-order valence-corrected chi connectivity index (χ4v) is 1.68. The van der Waals surface area contributed by atoms with Gasteiger partial charge in [-0.05, 0) is 6.07 Å². The largest absolute Gasteiger partial charge is 0.334 e. The second kappa shape index (κ2) is 4.31. The topological polar surface area (TPSA) is 34.9 Å². The maximum absolute atomic E-state index is 11.6. The Morgan fingerprint density at radius 3 is 2.88 bits per heavy atom. The molecule has 0 radical (unpaired) electrons. The normalized spacial score (nSPS) is 10.4. The van der Waals surface area contributed by atoms with Crippen molar-refractivity contribution in [2.45, 2.75) is 13.3 Å². The van der Waals surface area contributed by atoms with E-state index in [0.29, 0.717) is 6.42 Å². The van der Waals surface area contributed by atoms with E-state index < -0.39 is 0 Å². The monoisotopic (exact) mass is 214 g/mol. The number of hydrogen-bond donors (Lipinski definition) is 0. The first-order chi connectivity index (χ1) is 7.72. The van der Waals surface area contributed by atoms with Gasteiger partial charge in [-0.3, -0.25) is 4.79 Å². The lowest BCUT2D eigenvalue weighted by atomic mass is 10.1. The van der Waals surface area contributed by atoms with Crippen LogP contribution in [0.15, 0.2) is 36.7 Å². The first-order valence-electron chi connectivity index (χ1n) is 5.33. The predicted molar refractivity (Wildman–Crippen MR) is 63.3 cm³/mol. The summed E-state index contributed by atoms with van der Waals surface area (Å²) in [6.07, 6.45) is 4.18. The van der Waals surface area contributed by atoms with E-state index >= 15 is 0 Å². The number of ketones is 1. The van der Waals surface area contributed by atoms with Crippen LogP contribution in [0, 0.1) is 0 Å². The molecular weight excluding hydrogens is 200 g/mol. The predicted octanol–water partition coefficient (Wildman–Crippen LogP) is 2.68. The quantitative estimate of drug-likeness (QED) is 0.736. The molecule has 82 valence electrons. The number of Topliss-reactive ketones (excluding diaryl/α,β-unsaturated/α-hetero) is 1. The molecule has 2 rings (SSSR count). The Morgan fingerprint density at radius 2 is 2.25 bits per heavy atom. The van der Waals surface area contributed by atoms with Gasteiger partial charge >= 0.3 is 0 Å². The van der Waals surface area contributed by atoms with Crippen molar-refractivity contribution < 1.29 is 4.79 Å². The molecule has 0 unspecified atom stereocenters. The lowest BCUT2D eigenvalue weighted by Gasteiger charge is -2.04. The van der Waals surface area contributed by atoms with Gasteiger partial charge in [0.15, 0.2) is 5.78 Å². The van der Waals surface area contributed by atoms with Crippen molar-refractivity contribution in [3.05, 3.63) is 42.2 Å². The Hall–Kier alpha value is -1.90. The van der Waals surface area contributed by atoms with Gasteiger partial charge in [-0.2, -0.15) is 0 Å². The molecule has 0 fully saturated rings. The smallest absolute Gasteiger partial charge is 0.162 e. The third kappa shape index (κ3) is 1.89. The van der Waals surface area contributed by atoms with Crippen LogP contribution in [0.1, 0.15) is 23.7 Å². The highest BCUT2D eigenvalue weighted by Crippen LogP contribution is 2.18. The lowest BCUT2D eigenvalue weighted by Crippen LogP contribution is -1.98. The molecule has 0 bridgehead atoms. The maximum Gasteiger partial charge on any atom is 0.162 e. The summed E-state index contributed by atoms with van der Waals surface area (Å²) in [7, 11) is 1.94. The number of aromatic nitrogens is 2. The van der Waals surface area contributed by atoms with Crippen LogP contribution in [0.5, 0.6) is 0 Å². The summed E-state index contributed by atoms with van der Waals surface area (Å²) in [6, 6.07) is 7.61. The second-order valence-electron chi connectivity index (χ2n) is 3.72. The van der Waals surface area contributed by atoms with Gasteiger partial charge < -0.3 is 4.57 Å². The van der Waals surface area contributed by atoms with Gasteiger partial charge in [-0.15, -0.1) is 0 Å². The molecular formula is C13H14N2O. The van der Waals surface area contributed by atoms with Gasteiger partial charge in [-0.25, -0.2) is 4.98 Å². The molecule has 1 aromatic carbocycles. The van der Waals surface area contributed by atoms with Crippen LogP contribution in [-0.4, -0.2) is 15.3 Å². The van der Waals surface area contributed by atoms with Gasteiger partial charge in [0.1, 0.15) is 5.82 Å². The van der Waals surface area contributed by atoms with E-state index in [4.69, 9.17) is 0 Å². The fraction of sp³-hybridized carbons (Fsp3) is 0.231. The van der Waals surface area contributed by atoms with Crippen LogP contribution in [0.3, 0.4) is 0 Å². The molecule has 0 saturated carbocycles. The molecule has 0 aliphatic carbocycles. The summed E-state index contributed by atoms with van der Waals surface area (Å²) in [6.45, 7) is 1.87. The van der Waals surface area contributed by atoms with Crippen LogP contribution in [0.4, 0.5) is 0 Å². The summed E-state index contributed by atoms with van der Waals surface area (Å²) in [4.78, 5) is 15.9. The number of hydrogen-bond acceptors (Lipinski definition) is 2. The van der Waals surface area contributed by atoms with Crippen molar-refractivity contribution in [1.29, 1.82) is 0 Å². The fourth-order valence-electron chi connectivity index (χ4n) is 1.68. The van der Waals surface area contributed by atoms with Crippen LogP contribution in [0.25, 0.3) is 11.4 Å². The van der Waals surface area contributed by atoms with Gasteiger partial charge in [0.25, 0.3) is 0 Å². The zero-order valence-electron chi connectivity index (χ0n) is 9.47. The first kappa shape index (κ1) is 10.6. The Labute approximate surface area is 94.7 Å². The van der Waals surface area contributed by atoms with Crippen molar-refractivity contribution in [2.75, 3.05) is 0 Å². The van der Waals surface area contributed by atoms with E-state index in [2.05, 4.69) is 4.98 Å². The van der Waals surface area contributed by atoms with Crippen LogP contribution in [-0.2, 0) is 7.05 Å². The summed E-state index contributed by atoms with van der Waals surface area (Å²) in [5.41, 5.74) is 1.73. The van der Waals surface area contributed by atoms with E-state index in [9.17, 15) is 4.79 Å². The number of carbonyl (C=O) groups excluding carboxylic acids is 1. The van der Waals surface area contributed by atoms with Crippen molar-refractivity contribution >= 4 is 5.78 Å². The summed E-state index contributed by atoms with van der Waals surface area (Å²) >= 11 is 0. The van der Waals surface area contributed by atoms with Gasteiger partial charge in [0, 0.05) is 37.0 Å². The second-order valence-corrected chi connectivity index (χ2v) is 3.72. The molecule has 0 aliphatic heterocycles. The summed E-state index contributed by atoms with van der Waals surface area (Å²) in [5, 5.41) is 0. The molecule has 3 heteroatoms. The average molecular weight is 214 g/mol. The Balaban J connectivity index is 2.44. The highest BCUT2D eigenvalue weighted by atomic mass is 16.1. The SMILES string of the molecule is CCC(=O)c1cccc(-c2nccn2C)c1. The van der Waals surface area contributed by atoms with E-state index in [1.165, 1.54) is 0 Å². The molecule has 16 heavy (non-hydrogen) atoms. The van der Waals surface area contributed by atoms with E-state index in [0.717, 1.165) is 17.0 Å². The number of benzene rings is 1. The number of carbonyl (C=O) groups is 1. The molecule has 0 spiro atoms. The molecule has 0 amide bonds. The van der Waals surface area contributed by atoms with Gasteiger partial charge in [0.2, 0.25) is 0 Å². The highest BCUT2D eigenvalue weighted by molar-refractivity contribution is 5.96. The summed E-state index contributed by atoms with van der Waals surface area (Å²) < 4.78 is 1.94. The zero-order valence-corrected chi connectivity index (χ0v) is 9.47. The highest BCUT2D eigenvalue weighted by Gasteiger charge is 2.07. The molecule has 3 nitrogen and oxygen atoms in total. The average Bonchev–Trinajstić information content (AvgIpc) is 2.74. The number of nitrogens with zero attached hydrogens (tertiary/aromatic N) is 2. The molecule has 0 N–H and O–H groups in total. The molecule has 0 aliphatic rings. The standard InChI is InChI=1S/C13H14N2O/c1-3-12(16)10-5-4-6-11(9-10)13-14-7-8-15(13)2/h4-9H,3H2,1-2H3. The van der Waals surface area contributed by atoms with Crippen LogP contribution >= 0.6 is 0 Å². The van der Waals surface area contributed by atoms with Crippen molar-refractivity contribution in [2.24, 2.45) is 7.05 Å². The van der Waals surface area contributed by atoms with E-state index in [-0.39, 0.29) is 5.78 Å².